The average molecular weight is 300 g/mol. The molecule has 2 N–H and O–H groups in total. The van der Waals surface area contributed by atoms with E-state index in [0.29, 0.717) is 44.4 Å². The molecule has 4 nitrogen and oxygen atoms in total. The molecule has 1 aromatic rings. The van der Waals surface area contributed by atoms with Crippen molar-refractivity contribution in [2.45, 2.75) is 13.1 Å². The fourth-order valence-corrected chi connectivity index (χ4v) is 2.33. The van der Waals surface area contributed by atoms with Crippen molar-refractivity contribution >= 4 is 11.6 Å². The molecule has 2 rings (SSSR count). The third-order valence-corrected chi connectivity index (χ3v) is 3.46. The van der Waals surface area contributed by atoms with E-state index < -0.39 is 11.7 Å². The molecule has 1 heterocycles. The van der Waals surface area contributed by atoms with E-state index in [2.05, 4.69) is 4.99 Å². The molecule has 1 saturated heterocycles. The largest absolute Gasteiger partial charge is 0.416 e. The first-order valence-electron chi connectivity index (χ1n) is 6.89. The van der Waals surface area contributed by atoms with Crippen molar-refractivity contribution in [3.63, 3.8) is 0 Å². The predicted molar refractivity (Wildman–Crippen MR) is 77.4 cm³/mol. The molecule has 0 bridgehead atoms. The predicted octanol–water partition coefficient (Wildman–Crippen LogP) is 2.16. The second kappa shape index (κ2) is 6.24. The summed E-state index contributed by atoms with van der Waals surface area (Å²) in [7, 11) is 0. The van der Waals surface area contributed by atoms with Crippen LogP contribution in [0.1, 0.15) is 12.5 Å². The van der Waals surface area contributed by atoms with E-state index in [1.54, 1.807) is 6.07 Å². The molecule has 0 aliphatic carbocycles. The van der Waals surface area contributed by atoms with Crippen molar-refractivity contribution in [2.24, 2.45) is 10.7 Å². The van der Waals surface area contributed by atoms with Crippen molar-refractivity contribution in [1.29, 1.82) is 0 Å². The fourth-order valence-electron chi connectivity index (χ4n) is 2.33. The molecular formula is C14H19F3N4. The summed E-state index contributed by atoms with van der Waals surface area (Å²) in [5.41, 5.74) is 5.81. The van der Waals surface area contributed by atoms with Gasteiger partial charge in [0.2, 0.25) is 0 Å². The topological polar surface area (TPSA) is 44.9 Å². The molecule has 0 atom stereocenters. The van der Waals surface area contributed by atoms with Gasteiger partial charge in [-0.05, 0) is 25.1 Å². The maximum atomic E-state index is 12.7. The van der Waals surface area contributed by atoms with Crippen molar-refractivity contribution in [3.05, 3.63) is 29.8 Å². The lowest BCUT2D eigenvalue weighted by Crippen LogP contribution is -2.51. The number of anilines is 1. The van der Waals surface area contributed by atoms with E-state index >= 15 is 0 Å². The first-order valence-corrected chi connectivity index (χ1v) is 6.89. The van der Waals surface area contributed by atoms with E-state index in [-0.39, 0.29) is 0 Å². The van der Waals surface area contributed by atoms with Crippen LogP contribution >= 0.6 is 0 Å². The Morgan fingerprint density at radius 1 is 1.24 bits per heavy atom. The lowest BCUT2D eigenvalue weighted by Gasteiger charge is -2.36. The Kier molecular flexibility index (Phi) is 4.59. The summed E-state index contributed by atoms with van der Waals surface area (Å²) < 4.78 is 38.2. The van der Waals surface area contributed by atoms with Crippen LogP contribution in [0.3, 0.4) is 0 Å². The SMILES string of the molecule is CCN=C(N)N1CCN(c2cccc(C(F)(F)F)c2)CC1. The number of rotatable bonds is 2. The zero-order valence-corrected chi connectivity index (χ0v) is 11.9. The van der Waals surface area contributed by atoms with Gasteiger partial charge in [-0.15, -0.1) is 0 Å². The van der Waals surface area contributed by atoms with Crippen LogP contribution in [0.5, 0.6) is 0 Å². The van der Waals surface area contributed by atoms with E-state index in [9.17, 15) is 13.2 Å². The summed E-state index contributed by atoms with van der Waals surface area (Å²) in [6, 6.07) is 5.43. The first-order chi connectivity index (χ1) is 9.91. The minimum atomic E-state index is -4.31. The summed E-state index contributed by atoms with van der Waals surface area (Å²) in [5.74, 6) is 0.501. The monoisotopic (exact) mass is 300 g/mol. The average Bonchev–Trinajstić information content (AvgIpc) is 2.47. The molecule has 7 heteroatoms. The lowest BCUT2D eigenvalue weighted by atomic mass is 10.1. The van der Waals surface area contributed by atoms with E-state index in [0.717, 1.165) is 6.07 Å². The molecule has 1 aromatic carbocycles. The molecule has 0 aromatic heterocycles. The number of guanidine groups is 1. The number of benzene rings is 1. The Morgan fingerprint density at radius 2 is 1.90 bits per heavy atom. The van der Waals surface area contributed by atoms with Gasteiger partial charge in [0.05, 0.1) is 5.56 Å². The highest BCUT2D eigenvalue weighted by Gasteiger charge is 2.31. The second-order valence-corrected chi connectivity index (χ2v) is 4.85. The van der Waals surface area contributed by atoms with Gasteiger partial charge in [-0.2, -0.15) is 13.2 Å². The highest BCUT2D eigenvalue weighted by Crippen LogP contribution is 2.31. The molecule has 0 amide bonds. The van der Waals surface area contributed by atoms with Crippen LogP contribution < -0.4 is 10.6 Å². The molecule has 1 fully saturated rings. The van der Waals surface area contributed by atoms with Gasteiger partial charge in [-0.25, -0.2) is 0 Å². The van der Waals surface area contributed by atoms with Gasteiger partial charge in [0.25, 0.3) is 0 Å². The zero-order valence-electron chi connectivity index (χ0n) is 11.9. The Balaban J connectivity index is 2.04. The molecule has 0 unspecified atom stereocenters. The van der Waals surface area contributed by atoms with E-state index in [4.69, 9.17) is 5.73 Å². The van der Waals surface area contributed by atoms with Gasteiger partial charge in [0, 0.05) is 38.4 Å². The zero-order chi connectivity index (χ0) is 15.5. The highest BCUT2D eigenvalue weighted by atomic mass is 19.4. The van der Waals surface area contributed by atoms with Crippen LogP contribution in [0.2, 0.25) is 0 Å². The van der Waals surface area contributed by atoms with Crippen molar-refractivity contribution < 1.29 is 13.2 Å². The molecule has 116 valence electrons. The molecular weight excluding hydrogens is 281 g/mol. The number of hydrogen-bond acceptors (Lipinski definition) is 2. The molecule has 0 spiro atoms. The number of alkyl halides is 3. The molecule has 21 heavy (non-hydrogen) atoms. The maximum absolute atomic E-state index is 12.7. The molecule has 1 aliphatic rings. The summed E-state index contributed by atoms with van der Waals surface area (Å²) >= 11 is 0. The lowest BCUT2D eigenvalue weighted by molar-refractivity contribution is -0.137. The van der Waals surface area contributed by atoms with Gasteiger partial charge < -0.3 is 15.5 Å². The number of aliphatic imine (C=N–C) groups is 1. The third-order valence-electron chi connectivity index (χ3n) is 3.46. The first kappa shape index (κ1) is 15.5. The van der Waals surface area contributed by atoms with Gasteiger partial charge in [0.1, 0.15) is 0 Å². The standard InChI is InChI=1S/C14H19F3N4/c1-2-19-13(18)21-8-6-20(7-9-21)12-5-3-4-11(10-12)14(15,16)17/h3-5,10H,2,6-9H2,1H3,(H2,18,19). The number of halogens is 3. The Bertz CT molecular complexity index is 505. The van der Waals surface area contributed by atoms with Crippen molar-refractivity contribution in [3.8, 4) is 0 Å². The minimum Gasteiger partial charge on any atom is -0.370 e. The quantitative estimate of drug-likeness (QED) is 0.672. The number of nitrogens with two attached hydrogens (primary N) is 1. The van der Waals surface area contributed by atoms with Crippen LogP contribution in [0.25, 0.3) is 0 Å². The van der Waals surface area contributed by atoms with E-state index in [1.807, 2.05) is 16.7 Å². The Labute approximate surface area is 122 Å². The molecule has 0 radical (unpaired) electrons. The summed E-state index contributed by atoms with van der Waals surface area (Å²) in [4.78, 5) is 8.03. The summed E-state index contributed by atoms with van der Waals surface area (Å²) in [6.45, 7) is 5.10. The summed E-state index contributed by atoms with van der Waals surface area (Å²) in [5, 5.41) is 0. The summed E-state index contributed by atoms with van der Waals surface area (Å²) in [6.07, 6.45) is -4.31. The number of hydrogen-bond donors (Lipinski definition) is 1. The van der Waals surface area contributed by atoms with Gasteiger partial charge in [0.15, 0.2) is 5.96 Å². The molecule has 1 aliphatic heterocycles. The van der Waals surface area contributed by atoms with Crippen molar-refractivity contribution in [2.75, 3.05) is 37.6 Å². The van der Waals surface area contributed by atoms with Crippen LogP contribution in [0.4, 0.5) is 18.9 Å². The second-order valence-electron chi connectivity index (χ2n) is 4.85. The maximum Gasteiger partial charge on any atom is 0.416 e. The van der Waals surface area contributed by atoms with Crippen LogP contribution in [0.15, 0.2) is 29.3 Å². The molecule has 0 saturated carbocycles. The third kappa shape index (κ3) is 3.80. The van der Waals surface area contributed by atoms with Gasteiger partial charge in [-0.1, -0.05) is 6.07 Å². The van der Waals surface area contributed by atoms with Gasteiger partial charge >= 0.3 is 6.18 Å². The van der Waals surface area contributed by atoms with Gasteiger partial charge in [-0.3, -0.25) is 4.99 Å². The smallest absolute Gasteiger partial charge is 0.370 e. The minimum absolute atomic E-state index is 0.501. The Morgan fingerprint density at radius 3 is 2.48 bits per heavy atom. The Hall–Kier alpha value is -1.92. The fraction of sp³-hybridized carbons (Fsp3) is 0.500. The van der Waals surface area contributed by atoms with E-state index in [1.165, 1.54) is 12.1 Å². The van der Waals surface area contributed by atoms with Crippen molar-refractivity contribution in [1.82, 2.24) is 4.90 Å². The number of nitrogens with zero attached hydrogens (tertiary/aromatic N) is 3. The van der Waals surface area contributed by atoms with Crippen LogP contribution in [-0.2, 0) is 6.18 Å². The normalized spacial score (nSPS) is 17.2. The number of piperazine rings is 1. The highest BCUT2D eigenvalue weighted by molar-refractivity contribution is 5.78. The van der Waals surface area contributed by atoms with Crippen LogP contribution in [-0.4, -0.2) is 43.6 Å². The van der Waals surface area contributed by atoms with Crippen LogP contribution in [0, 0.1) is 0 Å².